The maximum absolute atomic E-state index is 12.1. The number of aryl methyl sites for hydroxylation is 1. The molecule has 0 heterocycles. The van der Waals surface area contributed by atoms with Crippen molar-refractivity contribution in [2.75, 3.05) is 20.1 Å². The SMILES string of the molecule is CNCC(C)CNS(=O)(=O)c1ccc(C#N)cc1C. The molecule has 104 valence electrons. The Morgan fingerprint density at radius 2 is 2.05 bits per heavy atom. The van der Waals surface area contributed by atoms with Crippen LogP contribution >= 0.6 is 0 Å². The zero-order valence-corrected chi connectivity index (χ0v) is 12.2. The fourth-order valence-corrected chi connectivity index (χ4v) is 3.16. The Labute approximate surface area is 114 Å². The number of nitrogens with zero attached hydrogens (tertiary/aromatic N) is 1. The molecule has 1 atom stereocenters. The summed E-state index contributed by atoms with van der Waals surface area (Å²) in [7, 11) is -1.69. The summed E-state index contributed by atoms with van der Waals surface area (Å²) in [5, 5.41) is 11.8. The molecule has 0 radical (unpaired) electrons. The molecule has 1 rings (SSSR count). The van der Waals surface area contributed by atoms with Crippen LogP contribution in [0.15, 0.2) is 23.1 Å². The first kappa shape index (κ1) is 15.6. The van der Waals surface area contributed by atoms with E-state index in [1.807, 2.05) is 20.0 Å². The van der Waals surface area contributed by atoms with Crippen molar-refractivity contribution < 1.29 is 8.42 Å². The molecular weight excluding hydrogens is 262 g/mol. The van der Waals surface area contributed by atoms with Crippen LogP contribution in [0.25, 0.3) is 0 Å². The van der Waals surface area contributed by atoms with Crippen LogP contribution in [0, 0.1) is 24.2 Å². The van der Waals surface area contributed by atoms with Gasteiger partial charge in [0.15, 0.2) is 0 Å². The monoisotopic (exact) mass is 281 g/mol. The summed E-state index contributed by atoms with van der Waals surface area (Å²) >= 11 is 0. The number of nitriles is 1. The summed E-state index contributed by atoms with van der Waals surface area (Å²) in [6, 6.07) is 6.55. The van der Waals surface area contributed by atoms with Crippen LogP contribution in [0.5, 0.6) is 0 Å². The predicted molar refractivity (Wildman–Crippen MR) is 74.2 cm³/mol. The van der Waals surface area contributed by atoms with Crippen molar-refractivity contribution in [2.45, 2.75) is 18.7 Å². The number of rotatable bonds is 6. The van der Waals surface area contributed by atoms with Gasteiger partial charge in [0.25, 0.3) is 0 Å². The Morgan fingerprint density at radius 3 is 2.58 bits per heavy atom. The Morgan fingerprint density at radius 1 is 1.37 bits per heavy atom. The minimum Gasteiger partial charge on any atom is -0.319 e. The Hall–Kier alpha value is -1.42. The molecule has 5 nitrogen and oxygen atoms in total. The van der Waals surface area contributed by atoms with Crippen molar-refractivity contribution in [1.29, 1.82) is 5.26 Å². The highest BCUT2D eigenvalue weighted by atomic mass is 32.2. The molecule has 1 aromatic carbocycles. The van der Waals surface area contributed by atoms with Gasteiger partial charge in [-0.2, -0.15) is 5.26 Å². The summed E-state index contributed by atoms with van der Waals surface area (Å²) < 4.78 is 26.9. The van der Waals surface area contributed by atoms with Crippen molar-refractivity contribution >= 4 is 10.0 Å². The summed E-state index contributed by atoms with van der Waals surface area (Å²) in [5.74, 6) is 0.207. The average molecular weight is 281 g/mol. The van der Waals surface area contributed by atoms with Crippen LogP contribution in [0.2, 0.25) is 0 Å². The van der Waals surface area contributed by atoms with E-state index >= 15 is 0 Å². The van der Waals surface area contributed by atoms with Gasteiger partial charge in [-0.1, -0.05) is 6.92 Å². The molecular formula is C13H19N3O2S. The number of hydrogen-bond acceptors (Lipinski definition) is 4. The fraction of sp³-hybridized carbons (Fsp3) is 0.462. The standard InChI is InChI=1S/C13H19N3O2S/c1-10(8-15-3)9-16-19(17,18)13-5-4-12(7-14)6-11(13)2/h4-6,10,15-16H,8-9H2,1-3H3. The summed E-state index contributed by atoms with van der Waals surface area (Å²) in [6.45, 7) is 4.77. The highest BCUT2D eigenvalue weighted by Crippen LogP contribution is 2.16. The molecule has 2 N–H and O–H groups in total. The van der Waals surface area contributed by atoms with E-state index in [9.17, 15) is 8.42 Å². The molecule has 1 unspecified atom stereocenters. The van der Waals surface area contributed by atoms with E-state index in [2.05, 4.69) is 10.0 Å². The number of benzene rings is 1. The largest absolute Gasteiger partial charge is 0.319 e. The first-order valence-electron chi connectivity index (χ1n) is 6.05. The highest BCUT2D eigenvalue weighted by molar-refractivity contribution is 7.89. The lowest BCUT2D eigenvalue weighted by Gasteiger charge is -2.13. The second kappa shape index (κ2) is 6.66. The van der Waals surface area contributed by atoms with Crippen LogP contribution < -0.4 is 10.0 Å². The van der Waals surface area contributed by atoms with Crippen LogP contribution in [-0.2, 0) is 10.0 Å². The zero-order valence-electron chi connectivity index (χ0n) is 11.4. The lowest BCUT2D eigenvalue weighted by Crippen LogP contribution is -2.32. The normalized spacial score (nSPS) is 12.9. The van der Waals surface area contributed by atoms with E-state index in [-0.39, 0.29) is 10.8 Å². The molecule has 6 heteroatoms. The molecule has 0 aliphatic rings. The molecule has 19 heavy (non-hydrogen) atoms. The molecule has 0 saturated heterocycles. The highest BCUT2D eigenvalue weighted by Gasteiger charge is 2.17. The third-order valence-corrected chi connectivity index (χ3v) is 4.35. The first-order chi connectivity index (χ1) is 8.90. The second-order valence-electron chi connectivity index (χ2n) is 4.61. The number of sulfonamides is 1. The predicted octanol–water partition coefficient (Wildman–Crippen LogP) is 1.00. The Balaban J connectivity index is 2.86. The minimum absolute atomic E-state index is 0.207. The van der Waals surface area contributed by atoms with E-state index in [0.29, 0.717) is 17.7 Å². The van der Waals surface area contributed by atoms with Gasteiger partial charge in [0.05, 0.1) is 16.5 Å². The van der Waals surface area contributed by atoms with E-state index < -0.39 is 10.0 Å². The molecule has 0 spiro atoms. The minimum atomic E-state index is -3.52. The van der Waals surface area contributed by atoms with Crippen LogP contribution in [0.1, 0.15) is 18.1 Å². The van der Waals surface area contributed by atoms with Crippen molar-refractivity contribution in [1.82, 2.24) is 10.0 Å². The number of nitrogens with one attached hydrogen (secondary N) is 2. The van der Waals surface area contributed by atoms with E-state index in [0.717, 1.165) is 6.54 Å². The molecule has 0 aromatic heterocycles. The number of hydrogen-bond donors (Lipinski definition) is 2. The van der Waals surface area contributed by atoms with Gasteiger partial charge >= 0.3 is 0 Å². The van der Waals surface area contributed by atoms with Gasteiger partial charge in [-0.3, -0.25) is 0 Å². The van der Waals surface area contributed by atoms with Gasteiger partial charge < -0.3 is 5.32 Å². The van der Waals surface area contributed by atoms with Gasteiger partial charge in [0.1, 0.15) is 0 Å². The van der Waals surface area contributed by atoms with Crippen molar-refractivity contribution in [3.05, 3.63) is 29.3 Å². The Kier molecular flexibility index (Phi) is 5.48. The molecule has 0 aliphatic heterocycles. The molecule has 0 amide bonds. The zero-order chi connectivity index (χ0) is 14.5. The quantitative estimate of drug-likeness (QED) is 0.815. The van der Waals surface area contributed by atoms with Crippen LogP contribution in [-0.4, -0.2) is 28.6 Å². The van der Waals surface area contributed by atoms with Gasteiger partial charge in [-0.05, 0) is 50.2 Å². The molecule has 0 fully saturated rings. The van der Waals surface area contributed by atoms with Gasteiger partial charge in [0, 0.05) is 6.54 Å². The summed E-state index contributed by atoms with van der Waals surface area (Å²) in [4.78, 5) is 0.225. The van der Waals surface area contributed by atoms with Crippen molar-refractivity contribution in [3.8, 4) is 6.07 Å². The van der Waals surface area contributed by atoms with Crippen molar-refractivity contribution in [3.63, 3.8) is 0 Å². The van der Waals surface area contributed by atoms with Gasteiger partial charge in [-0.25, -0.2) is 13.1 Å². The smallest absolute Gasteiger partial charge is 0.240 e. The average Bonchev–Trinajstić information content (AvgIpc) is 2.36. The topological polar surface area (TPSA) is 82.0 Å². The first-order valence-corrected chi connectivity index (χ1v) is 7.54. The fourth-order valence-electron chi connectivity index (χ4n) is 1.77. The van der Waals surface area contributed by atoms with Gasteiger partial charge in [0.2, 0.25) is 10.0 Å². The van der Waals surface area contributed by atoms with E-state index in [4.69, 9.17) is 5.26 Å². The molecule has 0 saturated carbocycles. The van der Waals surface area contributed by atoms with E-state index in [1.54, 1.807) is 13.0 Å². The molecule has 0 aliphatic carbocycles. The van der Waals surface area contributed by atoms with Crippen LogP contribution in [0.3, 0.4) is 0 Å². The molecule has 0 bridgehead atoms. The maximum Gasteiger partial charge on any atom is 0.240 e. The third-order valence-electron chi connectivity index (χ3n) is 2.77. The van der Waals surface area contributed by atoms with Crippen molar-refractivity contribution in [2.24, 2.45) is 5.92 Å². The summed E-state index contributed by atoms with van der Waals surface area (Å²) in [6.07, 6.45) is 0. The summed E-state index contributed by atoms with van der Waals surface area (Å²) in [5.41, 5.74) is 1.04. The van der Waals surface area contributed by atoms with Gasteiger partial charge in [-0.15, -0.1) is 0 Å². The van der Waals surface area contributed by atoms with Crippen LogP contribution in [0.4, 0.5) is 0 Å². The Bertz CT molecular complexity index is 576. The second-order valence-corrected chi connectivity index (χ2v) is 6.34. The lowest BCUT2D eigenvalue weighted by atomic mass is 10.2. The van der Waals surface area contributed by atoms with E-state index in [1.165, 1.54) is 12.1 Å². The lowest BCUT2D eigenvalue weighted by molar-refractivity contribution is 0.518. The maximum atomic E-state index is 12.1. The third kappa shape index (κ3) is 4.31. The molecule has 1 aromatic rings.